The molecule has 2 aliphatic rings. The SMILES string of the molecule is CSc1cccc(Cl)c1C(=O)NC(Cc1ccc(N2C(=C3CCC3)C(CC(C)C)N(C)C2c2ccc(O)cc2)cc1)C(=O)O. The second-order valence-electron chi connectivity index (χ2n) is 12.0. The molecule has 44 heavy (non-hydrogen) atoms. The first kappa shape index (κ1) is 31.9. The Bertz CT molecular complexity index is 1530. The molecule has 1 heterocycles. The number of aliphatic carboxylic acids is 1. The molecule has 9 heteroatoms. The molecule has 3 atom stereocenters. The lowest BCUT2D eigenvalue weighted by Crippen LogP contribution is -2.42. The van der Waals surface area contributed by atoms with Crippen LogP contribution in [0.2, 0.25) is 5.02 Å². The topological polar surface area (TPSA) is 93.1 Å². The molecule has 0 radical (unpaired) electrons. The molecule has 3 unspecified atom stereocenters. The van der Waals surface area contributed by atoms with Gasteiger partial charge in [0.25, 0.3) is 5.91 Å². The number of amides is 1. The van der Waals surface area contributed by atoms with Gasteiger partial charge in [-0.2, -0.15) is 0 Å². The van der Waals surface area contributed by atoms with E-state index in [1.54, 1.807) is 30.3 Å². The normalized spacial score (nSPS) is 19.3. The van der Waals surface area contributed by atoms with Crippen LogP contribution in [0.4, 0.5) is 5.69 Å². The fourth-order valence-corrected chi connectivity index (χ4v) is 7.18. The highest BCUT2D eigenvalue weighted by molar-refractivity contribution is 7.98. The number of carboxylic acid groups (broad SMARTS) is 1. The van der Waals surface area contributed by atoms with Crippen LogP contribution >= 0.6 is 23.4 Å². The van der Waals surface area contributed by atoms with Gasteiger partial charge in [-0.3, -0.25) is 9.69 Å². The number of benzene rings is 3. The molecular weight excluding hydrogens is 594 g/mol. The van der Waals surface area contributed by atoms with Crippen LogP contribution in [-0.4, -0.2) is 52.4 Å². The fourth-order valence-electron chi connectivity index (χ4n) is 6.24. The van der Waals surface area contributed by atoms with E-state index in [0.29, 0.717) is 10.8 Å². The number of likely N-dealkylation sites (N-methyl/N-ethyl adjacent to an activating group) is 1. The maximum Gasteiger partial charge on any atom is 0.326 e. The Morgan fingerprint density at radius 3 is 2.30 bits per heavy atom. The minimum Gasteiger partial charge on any atom is -0.508 e. The van der Waals surface area contributed by atoms with Crippen molar-refractivity contribution in [3.8, 4) is 5.75 Å². The van der Waals surface area contributed by atoms with Gasteiger partial charge in [0.05, 0.1) is 16.6 Å². The summed E-state index contributed by atoms with van der Waals surface area (Å²) in [4.78, 5) is 30.9. The molecule has 7 nitrogen and oxygen atoms in total. The summed E-state index contributed by atoms with van der Waals surface area (Å²) in [6, 6.07) is 19.8. The van der Waals surface area contributed by atoms with E-state index in [1.807, 2.05) is 42.7 Å². The molecule has 1 saturated carbocycles. The Hall–Kier alpha value is -3.46. The van der Waals surface area contributed by atoms with Crippen LogP contribution in [0.25, 0.3) is 0 Å². The molecule has 0 spiro atoms. The number of carbonyl (C=O) groups is 2. The molecule has 232 valence electrons. The Kier molecular flexibility index (Phi) is 9.93. The number of hydrogen-bond donors (Lipinski definition) is 3. The molecule has 1 aliphatic heterocycles. The smallest absolute Gasteiger partial charge is 0.326 e. The number of rotatable bonds is 10. The van der Waals surface area contributed by atoms with Crippen molar-refractivity contribution >= 4 is 40.9 Å². The number of thioether (sulfide) groups is 1. The largest absolute Gasteiger partial charge is 0.508 e. The zero-order valence-corrected chi connectivity index (χ0v) is 27.2. The van der Waals surface area contributed by atoms with Gasteiger partial charge in [-0.05, 0) is 98.0 Å². The number of nitrogens with zero attached hydrogens (tertiary/aromatic N) is 2. The van der Waals surface area contributed by atoms with Crippen LogP contribution in [0.3, 0.4) is 0 Å². The van der Waals surface area contributed by atoms with Crippen molar-refractivity contribution in [3.05, 3.63) is 99.7 Å². The Morgan fingerprint density at radius 2 is 1.73 bits per heavy atom. The number of aromatic hydroxyl groups is 1. The predicted molar refractivity (Wildman–Crippen MR) is 177 cm³/mol. The number of allylic oxidation sites excluding steroid dienone is 1. The first-order chi connectivity index (χ1) is 21.1. The Balaban J connectivity index is 1.44. The molecule has 3 N–H and O–H groups in total. The molecule has 2 fully saturated rings. The van der Waals surface area contributed by atoms with Gasteiger partial charge in [0.2, 0.25) is 0 Å². The monoisotopic (exact) mass is 633 g/mol. The highest BCUT2D eigenvalue weighted by Crippen LogP contribution is 2.48. The fraction of sp³-hybridized carbons (Fsp3) is 0.371. The van der Waals surface area contributed by atoms with Crippen LogP contribution in [0.5, 0.6) is 5.75 Å². The second-order valence-corrected chi connectivity index (χ2v) is 13.3. The van der Waals surface area contributed by atoms with E-state index in [9.17, 15) is 19.8 Å². The number of carboxylic acids is 1. The molecule has 5 rings (SSSR count). The maximum absolute atomic E-state index is 13.1. The lowest BCUT2D eigenvalue weighted by Gasteiger charge is -2.33. The number of anilines is 1. The third-order valence-electron chi connectivity index (χ3n) is 8.58. The van der Waals surface area contributed by atoms with Gasteiger partial charge in [-0.15, -0.1) is 11.8 Å². The van der Waals surface area contributed by atoms with E-state index in [4.69, 9.17) is 11.6 Å². The van der Waals surface area contributed by atoms with E-state index in [-0.39, 0.29) is 35.0 Å². The third-order valence-corrected chi connectivity index (χ3v) is 9.68. The standard InChI is InChI=1S/C35H40ClN3O4S/c1-21(2)19-29-32(23-7-5-8-23)39(34(38(29)3)24-13-17-26(40)18-14-24)25-15-11-22(12-16-25)20-28(35(42)43)37-33(41)31-27(36)9-6-10-30(31)44-4/h6,9-18,21,28-29,34,40H,5,7-8,19-20H2,1-4H3,(H,37,41)(H,42,43). The molecule has 1 amide bonds. The third kappa shape index (κ3) is 6.63. The van der Waals surface area contributed by atoms with Gasteiger partial charge in [0.1, 0.15) is 18.0 Å². The summed E-state index contributed by atoms with van der Waals surface area (Å²) in [5.41, 5.74) is 6.06. The molecule has 0 bridgehead atoms. The average Bonchev–Trinajstić information content (AvgIpc) is 3.22. The molecule has 0 aromatic heterocycles. The van der Waals surface area contributed by atoms with E-state index >= 15 is 0 Å². The average molecular weight is 634 g/mol. The number of carbonyl (C=O) groups excluding carboxylic acids is 1. The van der Waals surface area contributed by atoms with Gasteiger partial charge in [-0.1, -0.05) is 55.8 Å². The van der Waals surface area contributed by atoms with Crippen molar-refractivity contribution in [1.82, 2.24) is 10.2 Å². The highest BCUT2D eigenvalue weighted by Gasteiger charge is 2.44. The van der Waals surface area contributed by atoms with Crippen molar-refractivity contribution < 1.29 is 19.8 Å². The highest BCUT2D eigenvalue weighted by atomic mass is 35.5. The van der Waals surface area contributed by atoms with Crippen molar-refractivity contribution in [3.63, 3.8) is 0 Å². The summed E-state index contributed by atoms with van der Waals surface area (Å²) in [5.74, 6) is -0.862. The van der Waals surface area contributed by atoms with Crippen molar-refractivity contribution in [2.24, 2.45) is 5.92 Å². The maximum atomic E-state index is 13.1. The predicted octanol–water partition coefficient (Wildman–Crippen LogP) is 7.50. The van der Waals surface area contributed by atoms with Crippen LogP contribution in [-0.2, 0) is 11.2 Å². The second kappa shape index (κ2) is 13.7. The van der Waals surface area contributed by atoms with Crippen molar-refractivity contribution in [1.29, 1.82) is 0 Å². The molecular formula is C35H40ClN3O4S. The number of hydrogen-bond acceptors (Lipinski definition) is 6. The summed E-state index contributed by atoms with van der Waals surface area (Å²) in [5, 5.41) is 23.0. The van der Waals surface area contributed by atoms with Crippen LogP contribution < -0.4 is 10.2 Å². The summed E-state index contributed by atoms with van der Waals surface area (Å²) in [6.07, 6.45) is 6.34. The summed E-state index contributed by atoms with van der Waals surface area (Å²) in [7, 11) is 2.18. The van der Waals surface area contributed by atoms with Crippen LogP contribution in [0, 0.1) is 5.92 Å². The number of phenols is 1. The van der Waals surface area contributed by atoms with Crippen LogP contribution in [0.15, 0.2) is 82.9 Å². The minimum atomic E-state index is -1.12. The number of nitrogens with one attached hydrogen (secondary N) is 1. The first-order valence-corrected chi connectivity index (χ1v) is 16.7. The molecule has 3 aromatic rings. The minimum absolute atomic E-state index is 0.0550. The van der Waals surface area contributed by atoms with E-state index in [2.05, 4.69) is 36.0 Å². The molecule has 3 aromatic carbocycles. The van der Waals surface area contributed by atoms with Gasteiger partial charge >= 0.3 is 5.97 Å². The Morgan fingerprint density at radius 1 is 1.05 bits per heavy atom. The summed E-state index contributed by atoms with van der Waals surface area (Å²) < 4.78 is 0. The van der Waals surface area contributed by atoms with E-state index in [0.717, 1.165) is 36.1 Å². The zero-order chi connectivity index (χ0) is 31.5. The van der Waals surface area contributed by atoms with Crippen LogP contribution in [0.1, 0.15) is 67.2 Å². The van der Waals surface area contributed by atoms with Crippen molar-refractivity contribution in [2.75, 3.05) is 18.2 Å². The van der Waals surface area contributed by atoms with E-state index in [1.165, 1.54) is 29.5 Å². The van der Waals surface area contributed by atoms with Gasteiger partial charge in [-0.25, -0.2) is 4.79 Å². The van der Waals surface area contributed by atoms with Gasteiger partial charge in [0.15, 0.2) is 0 Å². The van der Waals surface area contributed by atoms with Gasteiger partial charge < -0.3 is 20.4 Å². The number of halogens is 1. The molecule has 1 saturated heterocycles. The van der Waals surface area contributed by atoms with Crippen molar-refractivity contribution in [2.45, 2.75) is 69.1 Å². The summed E-state index contributed by atoms with van der Waals surface area (Å²) in [6.45, 7) is 4.52. The Labute approximate surface area is 268 Å². The summed E-state index contributed by atoms with van der Waals surface area (Å²) >= 11 is 7.70. The lowest BCUT2D eigenvalue weighted by atomic mass is 9.86. The van der Waals surface area contributed by atoms with E-state index < -0.39 is 17.9 Å². The zero-order valence-electron chi connectivity index (χ0n) is 25.6. The molecule has 1 aliphatic carbocycles. The quantitative estimate of drug-likeness (QED) is 0.199. The lowest BCUT2D eigenvalue weighted by molar-refractivity contribution is -0.139. The van der Waals surface area contributed by atoms with Gasteiger partial charge in [0, 0.05) is 22.7 Å². The first-order valence-electron chi connectivity index (χ1n) is 15.1. The number of phenolic OH excluding ortho intramolecular Hbond substituents is 1.